The van der Waals surface area contributed by atoms with E-state index in [4.69, 9.17) is 9.47 Å². The standard InChI is InChI=1S/C16H18N2O7S2/c1-4-23-16(20)25-10(2)24-12-8-6-5-7-11(12)14(19)18-15-17-9-13(26-15)27(3,21)22/h5-10H,4H2,1-3H3,(H,17,18,19). The zero-order valence-corrected chi connectivity index (χ0v) is 16.4. The van der Waals surface area contributed by atoms with Gasteiger partial charge in [-0.3, -0.25) is 10.1 Å². The van der Waals surface area contributed by atoms with E-state index >= 15 is 0 Å². The molecule has 1 amide bonds. The molecule has 11 heteroatoms. The highest BCUT2D eigenvalue weighted by molar-refractivity contribution is 7.92. The smallest absolute Gasteiger partial charge is 0.454 e. The van der Waals surface area contributed by atoms with Crippen molar-refractivity contribution in [2.75, 3.05) is 18.2 Å². The monoisotopic (exact) mass is 414 g/mol. The van der Waals surface area contributed by atoms with Crippen LogP contribution in [-0.2, 0) is 19.3 Å². The number of nitrogens with zero attached hydrogens (tertiary/aromatic N) is 1. The third-order valence-electron chi connectivity index (χ3n) is 3.02. The Morgan fingerprint density at radius 3 is 2.63 bits per heavy atom. The SMILES string of the molecule is CCOC(=O)OC(C)Oc1ccccc1C(=O)Nc1ncc(S(C)(=O)=O)s1. The molecule has 2 rings (SSSR count). The molecule has 1 unspecified atom stereocenters. The summed E-state index contributed by atoms with van der Waals surface area (Å²) in [7, 11) is -3.40. The highest BCUT2D eigenvalue weighted by Crippen LogP contribution is 2.25. The van der Waals surface area contributed by atoms with Gasteiger partial charge >= 0.3 is 6.16 Å². The van der Waals surface area contributed by atoms with E-state index in [0.717, 1.165) is 17.6 Å². The first-order chi connectivity index (χ1) is 12.7. The number of anilines is 1. The molecule has 1 heterocycles. The van der Waals surface area contributed by atoms with Gasteiger partial charge in [0.05, 0.1) is 18.4 Å². The average molecular weight is 414 g/mol. The van der Waals surface area contributed by atoms with Crippen LogP contribution in [0.1, 0.15) is 24.2 Å². The van der Waals surface area contributed by atoms with Gasteiger partial charge in [-0.1, -0.05) is 23.5 Å². The molecule has 1 aromatic carbocycles. The molecule has 0 bridgehead atoms. The lowest BCUT2D eigenvalue weighted by Crippen LogP contribution is -2.23. The van der Waals surface area contributed by atoms with Crippen molar-refractivity contribution < 1.29 is 32.2 Å². The fraction of sp³-hybridized carbons (Fsp3) is 0.312. The fourth-order valence-electron chi connectivity index (χ4n) is 1.90. The Labute approximate surface area is 160 Å². The molecule has 146 valence electrons. The third kappa shape index (κ3) is 5.93. The molecule has 0 aliphatic heterocycles. The number of nitrogens with one attached hydrogen (secondary N) is 1. The summed E-state index contributed by atoms with van der Waals surface area (Å²) in [6.07, 6.45) is 0.353. The van der Waals surface area contributed by atoms with E-state index in [-0.39, 0.29) is 27.3 Å². The topological polar surface area (TPSA) is 121 Å². The van der Waals surface area contributed by atoms with Crippen molar-refractivity contribution in [3.63, 3.8) is 0 Å². The van der Waals surface area contributed by atoms with Crippen LogP contribution in [0.15, 0.2) is 34.7 Å². The molecule has 9 nitrogen and oxygen atoms in total. The van der Waals surface area contributed by atoms with Gasteiger partial charge in [-0.15, -0.1) is 0 Å². The first-order valence-corrected chi connectivity index (χ1v) is 10.5. The molecule has 27 heavy (non-hydrogen) atoms. The molecule has 0 spiro atoms. The van der Waals surface area contributed by atoms with Gasteiger partial charge in [0.1, 0.15) is 9.96 Å². The van der Waals surface area contributed by atoms with Crippen LogP contribution in [0.5, 0.6) is 5.75 Å². The Balaban J connectivity index is 2.11. The second-order valence-corrected chi connectivity index (χ2v) is 8.47. The van der Waals surface area contributed by atoms with Crippen LogP contribution < -0.4 is 10.1 Å². The Hall–Kier alpha value is -2.66. The molecule has 1 aromatic heterocycles. The van der Waals surface area contributed by atoms with Crippen LogP contribution in [-0.4, -0.2) is 44.6 Å². The van der Waals surface area contributed by atoms with Crippen LogP contribution in [0.25, 0.3) is 0 Å². The Bertz CT molecular complexity index is 924. The summed E-state index contributed by atoms with van der Waals surface area (Å²) in [4.78, 5) is 27.7. The number of aromatic nitrogens is 1. The maximum atomic E-state index is 12.5. The molecule has 0 aliphatic carbocycles. The summed E-state index contributed by atoms with van der Waals surface area (Å²) >= 11 is 0.839. The Kier molecular flexibility index (Phi) is 6.75. The average Bonchev–Trinajstić information content (AvgIpc) is 3.04. The molecule has 0 saturated carbocycles. The summed E-state index contributed by atoms with van der Waals surface area (Å²) in [5.74, 6) is -0.380. The van der Waals surface area contributed by atoms with Crippen molar-refractivity contribution in [2.24, 2.45) is 0 Å². The van der Waals surface area contributed by atoms with Crippen molar-refractivity contribution in [2.45, 2.75) is 24.3 Å². The summed E-state index contributed by atoms with van der Waals surface area (Å²) in [5.41, 5.74) is 0.160. The van der Waals surface area contributed by atoms with E-state index in [1.807, 2.05) is 0 Å². The third-order valence-corrected chi connectivity index (χ3v) is 5.72. The molecule has 0 aliphatic rings. The van der Waals surface area contributed by atoms with Crippen molar-refractivity contribution in [1.29, 1.82) is 0 Å². The second kappa shape index (κ2) is 8.82. The van der Waals surface area contributed by atoms with Crippen LogP contribution in [0.2, 0.25) is 0 Å². The Morgan fingerprint density at radius 2 is 2.00 bits per heavy atom. The number of rotatable bonds is 7. The van der Waals surface area contributed by atoms with E-state index in [1.54, 1.807) is 19.1 Å². The zero-order valence-electron chi connectivity index (χ0n) is 14.8. The maximum absolute atomic E-state index is 12.5. The minimum absolute atomic E-state index is 0.0405. The molecular formula is C16H18N2O7S2. The molecule has 0 fully saturated rings. The van der Waals surface area contributed by atoms with Gasteiger partial charge in [-0.05, 0) is 19.1 Å². The first-order valence-electron chi connectivity index (χ1n) is 7.77. The first kappa shape index (κ1) is 20.6. The van der Waals surface area contributed by atoms with Crippen LogP contribution in [0, 0.1) is 0 Å². The number of hydrogen-bond acceptors (Lipinski definition) is 9. The number of carbonyl (C=O) groups excluding carboxylic acids is 2. The molecule has 0 radical (unpaired) electrons. The number of ether oxygens (including phenoxy) is 3. The number of sulfone groups is 1. The van der Waals surface area contributed by atoms with Gasteiger partial charge in [0.2, 0.25) is 6.29 Å². The van der Waals surface area contributed by atoms with Crippen LogP contribution in [0.3, 0.4) is 0 Å². The van der Waals surface area contributed by atoms with E-state index < -0.39 is 28.2 Å². The largest absolute Gasteiger partial charge is 0.511 e. The molecule has 2 aromatic rings. The van der Waals surface area contributed by atoms with E-state index in [1.165, 1.54) is 25.3 Å². The maximum Gasteiger partial charge on any atom is 0.511 e. The lowest BCUT2D eigenvalue weighted by atomic mass is 10.2. The predicted octanol–water partition coefficient (Wildman–Crippen LogP) is 2.70. The van der Waals surface area contributed by atoms with Gasteiger partial charge in [0.25, 0.3) is 5.91 Å². The summed E-state index contributed by atoms with van der Waals surface area (Å²) in [6.45, 7) is 3.28. The molecule has 0 saturated heterocycles. The quantitative estimate of drug-likeness (QED) is 0.542. The Morgan fingerprint density at radius 1 is 1.30 bits per heavy atom. The minimum Gasteiger partial charge on any atom is -0.454 e. The molecule has 1 N–H and O–H groups in total. The molecule has 1 atom stereocenters. The normalized spacial score (nSPS) is 12.1. The second-order valence-electron chi connectivity index (χ2n) is 5.19. The van der Waals surface area contributed by atoms with Gasteiger partial charge in [0.15, 0.2) is 15.0 Å². The summed E-state index contributed by atoms with van der Waals surface area (Å²) in [6, 6.07) is 6.31. The van der Waals surface area contributed by atoms with Crippen molar-refractivity contribution in [3.05, 3.63) is 36.0 Å². The van der Waals surface area contributed by atoms with Crippen molar-refractivity contribution in [3.8, 4) is 5.75 Å². The van der Waals surface area contributed by atoms with Crippen molar-refractivity contribution in [1.82, 2.24) is 4.98 Å². The van der Waals surface area contributed by atoms with E-state index in [0.29, 0.717) is 0 Å². The van der Waals surface area contributed by atoms with Gasteiger partial charge in [0, 0.05) is 13.2 Å². The molecular weight excluding hydrogens is 396 g/mol. The number of benzene rings is 1. The number of carbonyl (C=O) groups is 2. The highest BCUT2D eigenvalue weighted by atomic mass is 32.2. The van der Waals surface area contributed by atoms with Crippen LogP contribution in [0.4, 0.5) is 9.93 Å². The number of para-hydroxylation sites is 1. The van der Waals surface area contributed by atoms with Gasteiger partial charge < -0.3 is 14.2 Å². The lowest BCUT2D eigenvalue weighted by molar-refractivity contribution is -0.0520. The lowest BCUT2D eigenvalue weighted by Gasteiger charge is -2.16. The van der Waals surface area contributed by atoms with Crippen LogP contribution >= 0.6 is 11.3 Å². The summed E-state index contributed by atoms with van der Waals surface area (Å²) < 4.78 is 38.1. The van der Waals surface area contributed by atoms with Gasteiger partial charge in [-0.25, -0.2) is 18.2 Å². The zero-order chi connectivity index (χ0) is 20.0. The predicted molar refractivity (Wildman–Crippen MR) is 97.8 cm³/mol. The van der Waals surface area contributed by atoms with Crippen molar-refractivity contribution >= 4 is 38.4 Å². The highest BCUT2D eigenvalue weighted by Gasteiger charge is 2.19. The fourth-order valence-corrected chi connectivity index (χ4v) is 3.53. The number of amides is 1. The number of thiazole rings is 1. The van der Waals surface area contributed by atoms with E-state index in [2.05, 4.69) is 15.0 Å². The minimum atomic E-state index is -3.40. The van der Waals surface area contributed by atoms with Gasteiger partial charge in [-0.2, -0.15) is 0 Å². The van der Waals surface area contributed by atoms with E-state index in [9.17, 15) is 18.0 Å². The summed E-state index contributed by atoms with van der Waals surface area (Å²) in [5, 5.41) is 2.65. The number of hydrogen-bond donors (Lipinski definition) is 1.